The Balaban J connectivity index is 3.04. The first-order valence-corrected chi connectivity index (χ1v) is 6.99. The lowest BCUT2D eigenvalue weighted by atomic mass is 10.5. The average molecular weight is 279 g/mol. The molecule has 0 aliphatic rings. The van der Waals surface area contributed by atoms with Gasteiger partial charge in [-0.1, -0.05) is 0 Å². The Morgan fingerprint density at radius 3 is 2.76 bits per heavy atom. The summed E-state index contributed by atoms with van der Waals surface area (Å²) in [7, 11) is -0.908. The van der Waals surface area contributed by atoms with Gasteiger partial charge in [0.1, 0.15) is 9.77 Å². The average Bonchev–Trinajstić information content (AvgIpc) is 2.75. The van der Waals surface area contributed by atoms with Crippen LogP contribution in [0.2, 0.25) is 0 Å². The van der Waals surface area contributed by atoms with Crippen molar-refractivity contribution >= 4 is 27.3 Å². The number of aromatic carboxylic acids is 1. The molecule has 17 heavy (non-hydrogen) atoms. The van der Waals surface area contributed by atoms with Crippen molar-refractivity contribution in [2.45, 2.75) is 4.90 Å². The molecule has 0 amide bonds. The summed E-state index contributed by atoms with van der Waals surface area (Å²) in [6.45, 7) is 0.427. The summed E-state index contributed by atoms with van der Waals surface area (Å²) in [5.41, 5.74) is 0. The van der Waals surface area contributed by atoms with Crippen LogP contribution in [-0.4, -0.2) is 51.1 Å². The molecule has 0 aliphatic carbocycles. The first-order chi connectivity index (χ1) is 7.91. The second-order valence-electron chi connectivity index (χ2n) is 3.24. The summed E-state index contributed by atoms with van der Waals surface area (Å²) in [6, 6.07) is 1.30. The quantitative estimate of drug-likeness (QED) is 0.829. The van der Waals surface area contributed by atoms with Gasteiger partial charge in [-0.2, -0.15) is 4.31 Å². The Bertz CT molecular complexity index is 493. The molecule has 0 unspecified atom stereocenters. The van der Waals surface area contributed by atoms with Gasteiger partial charge in [-0.05, 0) is 11.4 Å². The van der Waals surface area contributed by atoms with Gasteiger partial charge in [-0.15, -0.1) is 11.3 Å². The summed E-state index contributed by atoms with van der Waals surface area (Å²) in [4.78, 5) is 10.5. The number of nitrogens with zero attached hydrogens (tertiary/aromatic N) is 1. The number of rotatable bonds is 6. The molecular weight excluding hydrogens is 266 g/mol. The molecule has 1 aromatic heterocycles. The van der Waals surface area contributed by atoms with Crippen LogP contribution in [0.1, 0.15) is 9.67 Å². The highest BCUT2D eigenvalue weighted by atomic mass is 32.2. The minimum Gasteiger partial charge on any atom is -0.477 e. The highest BCUT2D eigenvalue weighted by molar-refractivity contribution is 7.89. The Morgan fingerprint density at radius 2 is 2.24 bits per heavy atom. The molecule has 1 N–H and O–H groups in total. The number of methoxy groups -OCH3 is 1. The van der Waals surface area contributed by atoms with Crippen molar-refractivity contribution in [3.63, 3.8) is 0 Å². The number of thiophene rings is 1. The third-order valence-corrected chi connectivity index (χ3v) is 5.05. The van der Waals surface area contributed by atoms with E-state index >= 15 is 0 Å². The van der Waals surface area contributed by atoms with Gasteiger partial charge in [0.2, 0.25) is 10.0 Å². The molecule has 0 fully saturated rings. The standard InChI is InChI=1S/C9H13NO5S2/c1-10(4-5-15-2)17(13,14)7-3-6-16-8(7)9(11)12/h3,6H,4-5H2,1-2H3,(H,11,12). The molecule has 0 aliphatic heterocycles. The molecule has 1 aromatic rings. The Hall–Kier alpha value is -0.960. The van der Waals surface area contributed by atoms with Crippen LogP contribution in [0.5, 0.6) is 0 Å². The van der Waals surface area contributed by atoms with Crippen molar-refractivity contribution in [2.75, 3.05) is 27.3 Å². The van der Waals surface area contributed by atoms with Crippen molar-refractivity contribution in [3.05, 3.63) is 16.3 Å². The van der Waals surface area contributed by atoms with Crippen LogP contribution in [0, 0.1) is 0 Å². The minimum atomic E-state index is -3.76. The van der Waals surface area contributed by atoms with Gasteiger partial charge >= 0.3 is 5.97 Å². The number of hydrogen-bond acceptors (Lipinski definition) is 5. The normalized spacial score (nSPS) is 11.9. The fraction of sp³-hybridized carbons (Fsp3) is 0.444. The van der Waals surface area contributed by atoms with Crippen LogP contribution in [0.3, 0.4) is 0 Å². The number of carboxylic acid groups (broad SMARTS) is 1. The van der Waals surface area contributed by atoms with E-state index in [9.17, 15) is 13.2 Å². The van der Waals surface area contributed by atoms with Crippen LogP contribution in [0.4, 0.5) is 0 Å². The fourth-order valence-corrected chi connectivity index (χ4v) is 3.55. The van der Waals surface area contributed by atoms with Crippen LogP contribution in [0.25, 0.3) is 0 Å². The molecule has 8 heteroatoms. The first kappa shape index (κ1) is 14.1. The van der Waals surface area contributed by atoms with Crippen molar-refractivity contribution in [1.82, 2.24) is 4.31 Å². The number of hydrogen-bond donors (Lipinski definition) is 1. The van der Waals surface area contributed by atoms with E-state index in [0.29, 0.717) is 0 Å². The van der Waals surface area contributed by atoms with Gasteiger partial charge in [0.15, 0.2) is 0 Å². The lowest BCUT2D eigenvalue weighted by Crippen LogP contribution is -2.30. The van der Waals surface area contributed by atoms with Gasteiger partial charge in [0.25, 0.3) is 0 Å². The van der Waals surface area contributed by atoms with E-state index in [1.54, 1.807) is 0 Å². The monoisotopic (exact) mass is 279 g/mol. The zero-order valence-corrected chi connectivity index (χ0v) is 11.0. The van der Waals surface area contributed by atoms with E-state index < -0.39 is 16.0 Å². The maximum absolute atomic E-state index is 12.0. The molecule has 0 aromatic carbocycles. The molecule has 6 nitrogen and oxygen atoms in total. The van der Waals surface area contributed by atoms with E-state index in [1.165, 1.54) is 25.6 Å². The third kappa shape index (κ3) is 3.03. The summed E-state index contributed by atoms with van der Waals surface area (Å²) in [5.74, 6) is -1.24. The molecule has 0 atom stereocenters. The fourth-order valence-electron chi connectivity index (χ4n) is 1.16. The Labute approximate surface area is 103 Å². The Morgan fingerprint density at radius 1 is 1.59 bits per heavy atom. The third-order valence-electron chi connectivity index (χ3n) is 2.12. The maximum atomic E-state index is 12.0. The number of carbonyl (C=O) groups is 1. The smallest absolute Gasteiger partial charge is 0.347 e. The summed E-state index contributed by atoms with van der Waals surface area (Å²) in [5, 5.41) is 10.3. The molecule has 1 rings (SSSR count). The van der Waals surface area contributed by atoms with Crippen molar-refractivity contribution in [3.8, 4) is 0 Å². The van der Waals surface area contributed by atoms with Gasteiger partial charge in [-0.3, -0.25) is 0 Å². The van der Waals surface area contributed by atoms with E-state index in [4.69, 9.17) is 9.84 Å². The highest BCUT2D eigenvalue weighted by Gasteiger charge is 2.27. The summed E-state index contributed by atoms with van der Waals surface area (Å²) >= 11 is 0.889. The van der Waals surface area contributed by atoms with Crippen LogP contribution < -0.4 is 0 Å². The Kier molecular flexibility index (Phi) is 4.63. The topological polar surface area (TPSA) is 83.9 Å². The molecule has 0 spiro atoms. The first-order valence-electron chi connectivity index (χ1n) is 4.67. The molecule has 0 saturated heterocycles. The van der Waals surface area contributed by atoms with Gasteiger partial charge in [0, 0.05) is 20.7 Å². The zero-order chi connectivity index (χ0) is 13.1. The molecule has 0 radical (unpaired) electrons. The SMILES string of the molecule is COCCN(C)S(=O)(=O)c1ccsc1C(=O)O. The second-order valence-corrected chi connectivity index (χ2v) is 6.17. The molecular formula is C9H13NO5S2. The zero-order valence-electron chi connectivity index (χ0n) is 9.41. The molecule has 1 heterocycles. The molecule has 96 valence electrons. The predicted octanol–water partition coefficient (Wildman–Crippen LogP) is 0.713. The van der Waals surface area contributed by atoms with Crippen LogP contribution in [-0.2, 0) is 14.8 Å². The van der Waals surface area contributed by atoms with Gasteiger partial charge in [-0.25, -0.2) is 13.2 Å². The largest absolute Gasteiger partial charge is 0.477 e. The van der Waals surface area contributed by atoms with Gasteiger partial charge in [0.05, 0.1) is 6.61 Å². The van der Waals surface area contributed by atoms with Crippen LogP contribution >= 0.6 is 11.3 Å². The lowest BCUT2D eigenvalue weighted by Gasteiger charge is -2.16. The number of ether oxygens (including phenoxy) is 1. The van der Waals surface area contributed by atoms with Gasteiger partial charge < -0.3 is 9.84 Å². The summed E-state index contributed by atoms with van der Waals surface area (Å²) < 4.78 is 29.9. The second kappa shape index (κ2) is 5.58. The highest BCUT2D eigenvalue weighted by Crippen LogP contribution is 2.24. The van der Waals surface area contributed by atoms with E-state index in [1.807, 2.05) is 0 Å². The maximum Gasteiger partial charge on any atom is 0.347 e. The lowest BCUT2D eigenvalue weighted by molar-refractivity contribution is 0.0698. The molecule has 0 bridgehead atoms. The van der Waals surface area contributed by atoms with E-state index in [2.05, 4.69) is 0 Å². The van der Waals surface area contributed by atoms with E-state index in [0.717, 1.165) is 15.6 Å². The van der Waals surface area contributed by atoms with E-state index in [-0.39, 0.29) is 22.9 Å². The number of sulfonamides is 1. The van der Waals surface area contributed by atoms with Crippen molar-refractivity contribution in [2.24, 2.45) is 0 Å². The van der Waals surface area contributed by atoms with Crippen molar-refractivity contribution < 1.29 is 23.1 Å². The molecule has 0 saturated carbocycles. The predicted molar refractivity (Wildman–Crippen MR) is 63.0 cm³/mol. The minimum absolute atomic E-state index is 0.172. The van der Waals surface area contributed by atoms with Crippen molar-refractivity contribution in [1.29, 1.82) is 0 Å². The number of carboxylic acids is 1. The number of likely N-dealkylation sites (N-methyl/N-ethyl adjacent to an activating group) is 1. The summed E-state index contributed by atoms with van der Waals surface area (Å²) in [6.07, 6.45) is 0. The van der Waals surface area contributed by atoms with Crippen LogP contribution in [0.15, 0.2) is 16.3 Å².